The van der Waals surface area contributed by atoms with Crippen molar-refractivity contribution < 1.29 is 4.42 Å². The molecule has 0 bridgehead atoms. The molecule has 0 amide bonds. The lowest BCUT2D eigenvalue weighted by atomic mass is 10.2. The second-order valence-corrected chi connectivity index (χ2v) is 5.02. The van der Waals surface area contributed by atoms with Crippen LogP contribution in [0.25, 0.3) is 11.2 Å². The minimum atomic E-state index is -0.100. The average molecular weight is 289 g/mol. The van der Waals surface area contributed by atoms with E-state index in [0.29, 0.717) is 35.5 Å². The Bertz CT molecular complexity index is 870. The van der Waals surface area contributed by atoms with Crippen LogP contribution < -0.4 is 10.5 Å². The Hall–Kier alpha value is -2.34. The molecule has 1 aliphatic heterocycles. The van der Waals surface area contributed by atoms with Gasteiger partial charge in [-0.1, -0.05) is 11.6 Å². The minimum absolute atomic E-state index is 0.100. The van der Waals surface area contributed by atoms with Crippen molar-refractivity contribution in [3.8, 4) is 0 Å². The molecule has 1 N–H and O–H groups in total. The maximum atomic E-state index is 11.3. The second-order valence-electron chi connectivity index (χ2n) is 4.63. The number of aromatic amines is 1. The lowest BCUT2D eigenvalue weighted by Gasteiger charge is -2.10. The van der Waals surface area contributed by atoms with E-state index in [1.54, 1.807) is 12.1 Å². The van der Waals surface area contributed by atoms with Crippen molar-refractivity contribution in [3.05, 3.63) is 51.0 Å². The zero-order valence-corrected chi connectivity index (χ0v) is 11.0. The summed E-state index contributed by atoms with van der Waals surface area (Å²) in [4.78, 5) is 24.5. The molecule has 0 unspecified atom stereocenters. The molecule has 20 heavy (non-hydrogen) atoms. The standard InChI is InChI=1S/C13H9ClN4O2/c14-10-3-2-9-12(16-10)17-13(20-9)18-5-7-1-4-11(19)15-8(7)6-18/h1-4H,5-6H2,(H,15,19). The second kappa shape index (κ2) is 4.08. The molecule has 6 nitrogen and oxygen atoms in total. The van der Waals surface area contributed by atoms with Gasteiger partial charge in [-0.25, -0.2) is 4.98 Å². The Balaban J connectivity index is 1.73. The molecular weight excluding hydrogens is 280 g/mol. The van der Waals surface area contributed by atoms with E-state index in [9.17, 15) is 4.79 Å². The largest absolute Gasteiger partial charge is 0.422 e. The molecule has 0 atom stereocenters. The topological polar surface area (TPSA) is 75.0 Å². The van der Waals surface area contributed by atoms with Crippen molar-refractivity contribution in [2.75, 3.05) is 4.90 Å². The number of halogens is 1. The highest BCUT2D eigenvalue weighted by atomic mass is 35.5. The van der Waals surface area contributed by atoms with Gasteiger partial charge in [-0.3, -0.25) is 4.79 Å². The van der Waals surface area contributed by atoms with E-state index >= 15 is 0 Å². The van der Waals surface area contributed by atoms with Crippen LogP contribution in [0.15, 0.2) is 33.5 Å². The van der Waals surface area contributed by atoms with Gasteiger partial charge in [-0.05, 0) is 23.8 Å². The summed E-state index contributed by atoms with van der Waals surface area (Å²) >= 11 is 5.83. The predicted molar refractivity (Wildman–Crippen MR) is 73.8 cm³/mol. The number of aromatic nitrogens is 3. The predicted octanol–water partition coefficient (Wildman–Crippen LogP) is 2.08. The zero-order valence-electron chi connectivity index (χ0n) is 10.3. The summed E-state index contributed by atoms with van der Waals surface area (Å²) in [6, 6.07) is 7.23. The van der Waals surface area contributed by atoms with Gasteiger partial charge >= 0.3 is 6.01 Å². The molecule has 0 saturated heterocycles. The van der Waals surface area contributed by atoms with Gasteiger partial charge in [-0.15, -0.1) is 0 Å². The van der Waals surface area contributed by atoms with Gasteiger partial charge in [0.15, 0.2) is 5.58 Å². The molecular formula is C13H9ClN4O2. The monoisotopic (exact) mass is 288 g/mol. The Labute approximate surface area is 118 Å². The quantitative estimate of drug-likeness (QED) is 0.694. The molecule has 1 aliphatic rings. The van der Waals surface area contributed by atoms with Crippen LogP contribution in [0.5, 0.6) is 0 Å². The number of hydrogen-bond donors (Lipinski definition) is 1. The van der Waals surface area contributed by atoms with Gasteiger partial charge in [0.05, 0.1) is 6.54 Å². The highest BCUT2D eigenvalue weighted by Crippen LogP contribution is 2.28. The van der Waals surface area contributed by atoms with Gasteiger partial charge in [-0.2, -0.15) is 4.98 Å². The van der Waals surface area contributed by atoms with Crippen molar-refractivity contribution in [2.24, 2.45) is 0 Å². The first-order valence-corrected chi connectivity index (χ1v) is 6.46. The average Bonchev–Trinajstić information content (AvgIpc) is 3.00. The number of H-pyrrole nitrogens is 1. The number of oxazole rings is 1. The molecule has 0 spiro atoms. The van der Waals surface area contributed by atoms with E-state index < -0.39 is 0 Å². The van der Waals surface area contributed by atoms with Crippen LogP contribution in [-0.4, -0.2) is 15.0 Å². The molecule has 0 aliphatic carbocycles. The van der Waals surface area contributed by atoms with E-state index in [0.717, 1.165) is 11.3 Å². The van der Waals surface area contributed by atoms with Crippen LogP contribution in [0.2, 0.25) is 5.15 Å². The van der Waals surface area contributed by atoms with Crippen molar-refractivity contribution in [3.63, 3.8) is 0 Å². The van der Waals surface area contributed by atoms with Crippen LogP contribution >= 0.6 is 11.6 Å². The third kappa shape index (κ3) is 1.77. The van der Waals surface area contributed by atoms with Crippen molar-refractivity contribution in [1.29, 1.82) is 0 Å². The van der Waals surface area contributed by atoms with Crippen LogP contribution in [-0.2, 0) is 13.1 Å². The summed E-state index contributed by atoms with van der Waals surface area (Å²) in [6.45, 7) is 1.21. The third-order valence-electron chi connectivity index (χ3n) is 3.29. The number of nitrogens with one attached hydrogen (secondary N) is 1. The summed E-state index contributed by atoms with van der Waals surface area (Å²) < 4.78 is 5.67. The van der Waals surface area contributed by atoms with Gasteiger partial charge in [0, 0.05) is 18.3 Å². The number of fused-ring (bicyclic) bond motifs is 2. The summed E-state index contributed by atoms with van der Waals surface area (Å²) in [5, 5.41) is 0.381. The molecule has 0 radical (unpaired) electrons. The molecule has 3 aromatic heterocycles. The number of hydrogen-bond acceptors (Lipinski definition) is 5. The van der Waals surface area contributed by atoms with Gasteiger partial charge in [0.25, 0.3) is 0 Å². The first kappa shape index (κ1) is 11.5. The van der Waals surface area contributed by atoms with Gasteiger partial charge in [0.1, 0.15) is 5.15 Å². The van der Waals surface area contributed by atoms with Crippen molar-refractivity contribution >= 4 is 28.8 Å². The lowest BCUT2D eigenvalue weighted by Crippen LogP contribution is -2.15. The Morgan fingerprint density at radius 2 is 2.10 bits per heavy atom. The number of anilines is 1. The maximum absolute atomic E-state index is 11.3. The van der Waals surface area contributed by atoms with Crippen LogP contribution in [0, 0.1) is 0 Å². The fourth-order valence-electron chi connectivity index (χ4n) is 2.34. The molecule has 3 aromatic rings. The van der Waals surface area contributed by atoms with E-state index in [1.165, 1.54) is 6.07 Å². The van der Waals surface area contributed by atoms with Crippen molar-refractivity contribution in [2.45, 2.75) is 13.1 Å². The Morgan fingerprint density at radius 3 is 3.00 bits per heavy atom. The van der Waals surface area contributed by atoms with Crippen LogP contribution in [0.3, 0.4) is 0 Å². The molecule has 0 aromatic carbocycles. The Kier molecular flexibility index (Phi) is 2.34. The highest BCUT2D eigenvalue weighted by molar-refractivity contribution is 6.29. The van der Waals surface area contributed by atoms with Crippen molar-refractivity contribution in [1.82, 2.24) is 15.0 Å². The van der Waals surface area contributed by atoms with E-state index in [1.807, 2.05) is 11.0 Å². The molecule has 7 heteroatoms. The SMILES string of the molecule is O=c1ccc2c([nH]1)CN(c1nc3nc(Cl)ccc3o1)C2. The van der Waals surface area contributed by atoms with Crippen LogP contribution in [0.1, 0.15) is 11.3 Å². The van der Waals surface area contributed by atoms with Crippen LogP contribution in [0.4, 0.5) is 6.01 Å². The van der Waals surface area contributed by atoms with Gasteiger partial charge in [0.2, 0.25) is 11.2 Å². The normalized spacial score (nSPS) is 13.9. The fourth-order valence-corrected chi connectivity index (χ4v) is 2.49. The summed E-state index contributed by atoms with van der Waals surface area (Å²) in [7, 11) is 0. The van der Waals surface area contributed by atoms with E-state index in [2.05, 4.69) is 15.0 Å². The first-order valence-electron chi connectivity index (χ1n) is 6.08. The lowest BCUT2D eigenvalue weighted by molar-refractivity contribution is 0.573. The number of pyridine rings is 2. The highest BCUT2D eigenvalue weighted by Gasteiger charge is 2.24. The minimum Gasteiger partial charge on any atom is -0.422 e. The summed E-state index contributed by atoms with van der Waals surface area (Å²) in [6.07, 6.45) is 0. The molecule has 0 saturated carbocycles. The molecule has 4 heterocycles. The number of rotatable bonds is 1. The van der Waals surface area contributed by atoms with Gasteiger partial charge < -0.3 is 14.3 Å². The first-order chi connectivity index (χ1) is 9.69. The molecule has 100 valence electrons. The maximum Gasteiger partial charge on any atom is 0.300 e. The third-order valence-corrected chi connectivity index (χ3v) is 3.50. The number of nitrogens with zero attached hydrogens (tertiary/aromatic N) is 3. The molecule has 4 rings (SSSR count). The molecule has 0 fully saturated rings. The Morgan fingerprint density at radius 1 is 1.20 bits per heavy atom. The smallest absolute Gasteiger partial charge is 0.300 e. The zero-order chi connectivity index (χ0) is 13.7. The summed E-state index contributed by atoms with van der Waals surface area (Å²) in [5.41, 5.74) is 2.94. The fraction of sp³-hybridized carbons (Fsp3) is 0.154. The summed E-state index contributed by atoms with van der Waals surface area (Å²) in [5.74, 6) is 0. The van der Waals surface area contributed by atoms with E-state index in [4.69, 9.17) is 16.0 Å². The van der Waals surface area contributed by atoms with E-state index in [-0.39, 0.29) is 5.56 Å².